The van der Waals surface area contributed by atoms with Crippen LogP contribution < -0.4 is 25.3 Å². The third-order valence-corrected chi connectivity index (χ3v) is 12.7. The lowest BCUT2D eigenvalue weighted by molar-refractivity contribution is -0.677. The van der Waals surface area contributed by atoms with Gasteiger partial charge >= 0.3 is 12.2 Å². The van der Waals surface area contributed by atoms with Crippen LogP contribution in [0.1, 0.15) is 82.9 Å². The molecule has 1 fully saturated rings. The zero-order chi connectivity index (χ0) is 46.6. The molecule has 2 aliphatic rings. The molecule has 5 heterocycles. The number of benzene rings is 3. The molecular weight excluding hydrogens is 839 g/mol. The van der Waals surface area contributed by atoms with E-state index in [0.29, 0.717) is 18.9 Å². The minimum atomic E-state index is -0.708. The second kappa shape index (κ2) is 19.6. The molecule has 0 saturated carbocycles. The number of nitrogens with zero attached hydrogens (tertiary/aromatic N) is 4. The number of alkyl carbamates (subject to hydrolysis) is 2. The molecule has 4 unspecified atom stereocenters. The predicted molar refractivity (Wildman–Crippen MR) is 249 cm³/mol. The Morgan fingerprint density at radius 1 is 0.864 bits per heavy atom. The maximum Gasteiger partial charge on any atom is 0.407 e. The van der Waals surface area contributed by atoms with E-state index in [2.05, 4.69) is 101 Å². The maximum absolute atomic E-state index is 13.8. The van der Waals surface area contributed by atoms with Gasteiger partial charge in [-0.2, -0.15) is 0 Å². The van der Waals surface area contributed by atoms with Crippen molar-refractivity contribution >= 4 is 34.9 Å². The summed E-state index contributed by atoms with van der Waals surface area (Å²) in [5, 5.41) is 9.33. The monoisotopic (exact) mass is 898 g/mol. The number of imidazole rings is 2. The van der Waals surface area contributed by atoms with E-state index < -0.39 is 30.5 Å². The van der Waals surface area contributed by atoms with Crippen molar-refractivity contribution in [2.45, 2.75) is 84.2 Å². The zero-order valence-electron chi connectivity index (χ0n) is 38.6. The summed E-state index contributed by atoms with van der Waals surface area (Å²) in [4.78, 5) is 64.1. The first kappa shape index (κ1) is 45.5. The van der Waals surface area contributed by atoms with Crippen LogP contribution in [0.5, 0.6) is 5.75 Å². The largest absolute Gasteiger partial charge is 0.465 e. The molecule has 346 valence electrons. The molecule has 8 rings (SSSR count). The highest BCUT2D eigenvalue weighted by atomic mass is 16.5. The summed E-state index contributed by atoms with van der Waals surface area (Å²) in [6.07, 6.45) is 6.26. The first-order chi connectivity index (χ1) is 31.8. The van der Waals surface area contributed by atoms with Crippen LogP contribution in [0.4, 0.5) is 9.59 Å². The molecule has 4 amide bonds. The normalized spacial score (nSPS) is 16.3. The number of hydrogen-bond acceptors (Lipinski definition) is 8. The zero-order valence-corrected chi connectivity index (χ0v) is 38.6. The summed E-state index contributed by atoms with van der Waals surface area (Å²) in [5.41, 5.74) is 7.86. The molecule has 16 heteroatoms. The Bertz CT molecular complexity index is 2720. The molecule has 5 N–H and O–H groups in total. The van der Waals surface area contributed by atoms with Crippen LogP contribution in [-0.2, 0) is 32.5 Å². The molecule has 0 aliphatic carbocycles. The number of unbranched alkanes of at least 4 members (excludes halogenated alkanes) is 1. The molecular formula is C50H60N9O7+. The molecule has 16 nitrogen and oxygen atoms in total. The van der Waals surface area contributed by atoms with Gasteiger partial charge in [-0.3, -0.25) is 9.59 Å². The lowest BCUT2D eigenvalue weighted by atomic mass is 10.0. The Hall–Kier alpha value is -7.10. The first-order valence-electron chi connectivity index (χ1n) is 22.8. The predicted octanol–water partition coefficient (Wildman–Crippen LogP) is 7.32. The van der Waals surface area contributed by atoms with E-state index in [9.17, 15) is 19.2 Å². The number of fused-ring (bicyclic) bond motifs is 5. The van der Waals surface area contributed by atoms with E-state index in [-0.39, 0.29) is 29.7 Å². The van der Waals surface area contributed by atoms with Crippen LogP contribution in [0.3, 0.4) is 0 Å². The summed E-state index contributed by atoms with van der Waals surface area (Å²) in [6, 6.07) is 23.6. The summed E-state index contributed by atoms with van der Waals surface area (Å²) >= 11 is 0. The number of nitrogens with one attached hydrogen (secondary N) is 5. The Labute approximate surface area is 384 Å². The van der Waals surface area contributed by atoms with E-state index in [0.717, 1.165) is 93.9 Å². The van der Waals surface area contributed by atoms with Gasteiger partial charge in [-0.25, -0.2) is 24.1 Å². The maximum atomic E-state index is 13.8. The molecule has 1 saturated heterocycles. The Kier molecular flexibility index (Phi) is 13.5. The van der Waals surface area contributed by atoms with Gasteiger partial charge in [-0.1, -0.05) is 64.1 Å². The van der Waals surface area contributed by atoms with E-state index >= 15 is 0 Å². The fourth-order valence-corrected chi connectivity index (χ4v) is 9.11. The van der Waals surface area contributed by atoms with Gasteiger partial charge in [-0.15, -0.1) is 0 Å². The van der Waals surface area contributed by atoms with Crippen molar-refractivity contribution in [3.05, 3.63) is 102 Å². The topological polar surface area (TPSA) is 189 Å². The molecule has 3 aromatic carbocycles. The minimum absolute atomic E-state index is 0.0825. The smallest absolute Gasteiger partial charge is 0.407 e. The van der Waals surface area contributed by atoms with Crippen molar-refractivity contribution in [1.82, 2.24) is 40.4 Å². The lowest BCUT2D eigenvalue weighted by Crippen LogP contribution is -2.51. The number of carbonyl (C=O) groups is 4. The number of methoxy groups -OCH3 is 2. The standard InChI is InChI=1S/C50H59N9O7/c1-29(2)43(55-49(62)64-6)46(60)51-22-12-11-17-42-53-37(28-57(42)5)33-18-20-35-40-25-34-24-32(19-21-38(34)59(40)48(66-41(35)26-33)31-14-9-8-10-15-31)36-27-52-45(54-36)39-16-13-23-58(39)47(61)44(30(3)4)56-50(63)65-7/h8-10,14-15,18-21,24-30,39,43-44,48H,11-13,16-17,22-23H2,1-7H3,(H4,51,52,54,55,56,60,62,63)/p+1. The van der Waals surface area contributed by atoms with Crippen LogP contribution in [0.15, 0.2) is 85.2 Å². The molecule has 2 aliphatic heterocycles. The van der Waals surface area contributed by atoms with E-state index in [1.807, 2.05) is 64.0 Å². The van der Waals surface area contributed by atoms with E-state index in [4.69, 9.17) is 14.5 Å². The molecule has 0 spiro atoms. The van der Waals surface area contributed by atoms with Crippen LogP contribution >= 0.6 is 0 Å². The summed E-state index contributed by atoms with van der Waals surface area (Å²) in [6.45, 7) is 8.65. The molecule has 0 bridgehead atoms. The average molecular weight is 899 g/mol. The number of aromatic nitrogens is 5. The number of aryl methyl sites for hydroxylation is 2. The van der Waals surface area contributed by atoms with Crippen LogP contribution in [0, 0.1) is 11.8 Å². The van der Waals surface area contributed by atoms with Gasteiger partial charge in [0.15, 0.2) is 5.69 Å². The molecule has 4 atom stereocenters. The van der Waals surface area contributed by atoms with Crippen molar-refractivity contribution < 1.29 is 38.0 Å². The lowest BCUT2D eigenvalue weighted by Gasteiger charge is -2.30. The van der Waals surface area contributed by atoms with Gasteiger partial charge in [0.05, 0.1) is 50.4 Å². The molecule has 0 radical (unpaired) electrons. The Morgan fingerprint density at radius 3 is 2.30 bits per heavy atom. The fraction of sp³-hybridized carbons (Fsp3) is 0.400. The fourth-order valence-electron chi connectivity index (χ4n) is 9.11. The number of ether oxygens (including phenoxy) is 3. The number of hydrogen-bond donors (Lipinski definition) is 5. The van der Waals surface area contributed by atoms with E-state index in [1.54, 1.807) is 0 Å². The molecule has 6 aromatic rings. The van der Waals surface area contributed by atoms with Gasteiger partial charge in [0.25, 0.3) is 5.82 Å². The van der Waals surface area contributed by atoms with Crippen molar-refractivity contribution in [3.8, 4) is 39.5 Å². The third kappa shape index (κ3) is 9.35. The Morgan fingerprint density at radius 2 is 1.58 bits per heavy atom. The van der Waals surface area contributed by atoms with Gasteiger partial charge in [0, 0.05) is 47.2 Å². The SMILES string of the molecule is COC(=O)NC(C(=O)NCCCCc1[nH]c(-c2ccc3c(c2)OC(c2ccccc2)n2c-3cc3cc(-c4cnc(C5CCCN5C(=O)C(NC(=O)OC)C(C)C)[nH]4)ccc32)c[n+]1C)C(C)C. The van der Waals surface area contributed by atoms with Crippen LogP contribution in [0.25, 0.3) is 44.7 Å². The number of carbonyl (C=O) groups excluding carboxylic acids is 4. The highest BCUT2D eigenvalue weighted by Gasteiger charge is 2.38. The third-order valence-electron chi connectivity index (χ3n) is 12.7. The quantitative estimate of drug-likeness (QED) is 0.0524. The van der Waals surface area contributed by atoms with Crippen molar-refractivity contribution in [1.29, 1.82) is 0 Å². The average Bonchev–Trinajstić information content (AvgIpc) is 4.15. The highest BCUT2D eigenvalue weighted by Crippen LogP contribution is 2.46. The second-order valence-corrected chi connectivity index (χ2v) is 17.8. The number of H-pyrrole nitrogens is 2. The van der Waals surface area contributed by atoms with Gasteiger partial charge in [-0.05, 0) is 73.9 Å². The summed E-state index contributed by atoms with van der Waals surface area (Å²) < 4.78 is 20.8. The summed E-state index contributed by atoms with van der Waals surface area (Å²) in [7, 11) is 4.60. The highest BCUT2D eigenvalue weighted by molar-refractivity contribution is 5.93. The minimum Gasteiger partial charge on any atom is -0.465 e. The summed E-state index contributed by atoms with van der Waals surface area (Å²) in [5.74, 6) is 1.98. The van der Waals surface area contributed by atoms with Crippen molar-refractivity contribution in [3.63, 3.8) is 0 Å². The van der Waals surface area contributed by atoms with E-state index in [1.165, 1.54) is 14.2 Å². The number of amides is 4. The number of likely N-dealkylation sites (tertiary alicyclic amines) is 1. The van der Waals surface area contributed by atoms with Crippen LogP contribution in [0.2, 0.25) is 0 Å². The molecule has 66 heavy (non-hydrogen) atoms. The Balaban J connectivity index is 1.01. The number of rotatable bonds is 15. The molecule has 3 aromatic heterocycles. The van der Waals surface area contributed by atoms with Gasteiger partial charge in [0.1, 0.15) is 29.9 Å². The first-order valence-corrected chi connectivity index (χ1v) is 22.8. The van der Waals surface area contributed by atoms with Crippen molar-refractivity contribution in [2.75, 3.05) is 27.3 Å². The van der Waals surface area contributed by atoms with Gasteiger partial charge in [0.2, 0.25) is 18.0 Å². The number of aromatic amines is 2. The van der Waals surface area contributed by atoms with Crippen molar-refractivity contribution in [2.24, 2.45) is 18.9 Å². The van der Waals surface area contributed by atoms with Crippen LogP contribution in [-0.4, -0.2) is 87.8 Å². The van der Waals surface area contributed by atoms with Gasteiger partial charge < -0.3 is 44.6 Å². The second-order valence-electron chi connectivity index (χ2n) is 17.8.